The van der Waals surface area contributed by atoms with Crippen molar-refractivity contribution in [2.45, 2.75) is 6.92 Å². The van der Waals surface area contributed by atoms with Gasteiger partial charge in [-0.15, -0.1) is 5.10 Å². The minimum atomic E-state index is -0.587. The molecule has 1 aromatic carbocycles. The Hall–Kier alpha value is -2.47. The number of aryl methyl sites for hydroxylation is 1. The highest BCUT2D eigenvalue weighted by atomic mass is 35.5. The van der Waals surface area contributed by atoms with Crippen LogP contribution in [-0.4, -0.2) is 32.8 Å². The fourth-order valence-corrected chi connectivity index (χ4v) is 1.64. The van der Waals surface area contributed by atoms with Gasteiger partial charge in [0.1, 0.15) is 6.61 Å². The predicted octanol–water partition coefficient (Wildman–Crippen LogP) is 2.28. The summed E-state index contributed by atoms with van der Waals surface area (Å²) in [5.74, 6) is -0.116. The van der Waals surface area contributed by atoms with Crippen LogP contribution in [0.5, 0.6) is 0 Å². The van der Waals surface area contributed by atoms with Crippen molar-refractivity contribution in [2.75, 3.05) is 6.61 Å². The summed E-state index contributed by atoms with van der Waals surface area (Å²) in [6.45, 7) is 5.08. The molecule has 0 radical (unpaired) electrons. The van der Waals surface area contributed by atoms with Crippen LogP contribution in [0.3, 0.4) is 0 Å². The van der Waals surface area contributed by atoms with E-state index in [1.54, 1.807) is 13.0 Å². The molecule has 0 atom stereocenters. The second kappa shape index (κ2) is 6.81. The summed E-state index contributed by atoms with van der Waals surface area (Å²) in [7, 11) is 0. The van der Waals surface area contributed by atoms with Crippen LogP contribution in [0.2, 0.25) is 0 Å². The first kappa shape index (κ1) is 14.9. The molecule has 0 saturated carbocycles. The van der Waals surface area contributed by atoms with E-state index in [0.717, 1.165) is 5.56 Å². The third-order valence-corrected chi connectivity index (χ3v) is 2.63. The second-order valence-corrected chi connectivity index (χ2v) is 4.71. The lowest BCUT2D eigenvalue weighted by atomic mass is 10.2. The molecular formula is C14H13ClN4O2. The SMILES string of the molecule is C=C(Cl)COC(=O)/C(=C/c1ccccc1)n1nnnc1C. The number of esters is 1. The number of benzene rings is 1. The lowest BCUT2D eigenvalue weighted by Gasteiger charge is -2.08. The van der Waals surface area contributed by atoms with Gasteiger partial charge in [-0.3, -0.25) is 0 Å². The number of carbonyl (C=O) groups excluding carboxylic acids is 1. The van der Waals surface area contributed by atoms with E-state index in [9.17, 15) is 4.79 Å². The Kier molecular flexibility index (Phi) is 4.84. The van der Waals surface area contributed by atoms with Crippen LogP contribution in [0, 0.1) is 6.92 Å². The molecule has 0 unspecified atom stereocenters. The minimum absolute atomic E-state index is 0.0757. The van der Waals surface area contributed by atoms with E-state index >= 15 is 0 Å². The summed E-state index contributed by atoms with van der Waals surface area (Å²) in [4.78, 5) is 12.2. The first-order valence-electron chi connectivity index (χ1n) is 6.10. The molecule has 21 heavy (non-hydrogen) atoms. The topological polar surface area (TPSA) is 69.9 Å². The van der Waals surface area contributed by atoms with Crippen molar-refractivity contribution in [2.24, 2.45) is 0 Å². The van der Waals surface area contributed by atoms with E-state index in [1.807, 2.05) is 30.3 Å². The summed E-state index contributed by atoms with van der Waals surface area (Å²) in [5.41, 5.74) is 1.02. The highest BCUT2D eigenvalue weighted by Crippen LogP contribution is 2.14. The van der Waals surface area contributed by atoms with Crippen LogP contribution >= 0.6 is 11.6 Å². The Morgan fingerprint density at radius 1 is 1.43 bits per heavy atom. The molecule has 0 spiro atoms. The van der Waals surface area contributed by atoms with Gasteiger partial charge in [0.05, 0.1) is 0 Å². The molecule has 1 heterocycles. The van der Waals surface area contributed by atoms with Crippen LogP contribution in [0.15, 0.2) is 41.9 Å². The lowest BCUT2D eigenvalue weighted by molar-refractivity contribution is -0.136. The maximum atomic E-state index is 12.2. The highest BCUT2D eigenvalue weighted by Gasteiger charge is 2.17. The number of halogens is 1. The van der Waals surface area contributed by atoms with Crippen molar-refractivity contribution < 1.29 is 9.53 Å². The van der Waals surface area contributed by atoms with Gasteiger partial charge in [-0.05, 0) is 29.0 Å². The van der Waals surface area contributed by atoms with Gasteiger partial charge in [0.25, 0.3) is 0 Å². The van der Waals surface area contributed by atoms with E-state index in [-0.39, 0.29) is 17.3 Å². The Morgan fingerprint density at radius 2 is 2.14 bits per heavy atom. The fourth-order valence-electron chi connectivity index (χ4n) is 1.59. The monoisotopic (exact) mass is 304 g/mol. The van der Waals surface area contributed by atoms with Gasteiger partial charge < -0.3 is 4.74 Å². The number of nitrogens with zero attached hydrogens (tertiary/aromatic N) is 4. The van der Waals surface area contributed by atoms with Gasteiger partial charge in [0, 0.05) is 5.03 Å². The molecule has 0 N–H and O–H groups in total. The minimum Gasteiger partial charge on any atom is -0.455 e. The van der Waals surface area contributed by atoms with Crippen molar-refractivity contribution in [3.63, 3.8) is 0 Å². The zero-order valence-electron chi connectivity index (χ0n) is 11.4. The van der Waals surface area contributed by atoms with Crippen molar-refractivity contribution in [1.29, 1.82) is 0 Å². The first-order valence-corrected chi connectivity index (χ1v) is 6.48. The smallest absolute Gasteiger partial charge is 0.357 e. The average Bonchev–Trinajstić information content (AvgIpc) is 2.89. The molecule has 1 aromatic heterocycles. The zero-order chi connectivity index (χ0) is 15.2. The van der Waals surface area contributed by atoms with Crippen molar-refractivity contribution in [1.82, 2.24) is 20.2 Å². The van der Waals surface area contributed by atoms with Crippen LogP contribution in [-0.2, 0) is 9.53 Å². The summed E-state index contributed by atoms with van der Waals surface area (Å²) < 4.78 is 6.37. The molecule has 0 aliphatic rings. The number of ether oxygens (including phenoxy) is 1. The average molecular weight is 305 g/mol. The normalized spacial score (nSPS) is 11.2. The van der Waals surface area contributed by atoms with E-state index in [0.29, 0.717) is 5.82 Å². The highest BCUT2D eigenvalue weighted by molar-refractivity contribution is 6.29. The van der Waals surface area contributed by atoms with Gasteiger partial charge in [-0.2, -0.15) is 4.68 Å². The summed E-state index contributed by atoms with van der Waals surface area (Å²) in [6.07, 6.45) is 1.64. The van der Waals surface area contributed by atoms with E-state index < -0.39 is 5.97 Å². The maximum Gasteiger partial charge on any atom is 0.357 e. The number of aromatic nitrogens is 4. The Labute approximate surface area is 126 Å². The van der Waals surface area contributed by atoms with Crippen molar-refractivity contribution >= 4 is 29.3 Å². The van der Waals surface area contributed by atoms with Gasteiger partial charge >= 0.3 is 5.97 Å². The molecule has 7 heteroatoms. The largest absolute Gasteiger partial charge is 0.455 e. The molecule has 0 aliphatic heterocycles. The maximum absolute atomic E-state index is 12.2. The van der Waals surface area contributed by atoms with Gasteiger partial charge in [-0.1, -0.05) is 48.5 Å². The van der Waals surface area contributed by atoms with Crippen LogP contribution in [0.1, 0.15) is 11.4 Å². The Balaban J connectivity index is 2.36. The fraction of sp³-hybridized carbons (Fsp3) is 0.143. The quantitative estimate of drug-likeness (QED) is 0.626. The summed E-state index contributed by atoms with van der Waals surface area (Å²) >= 11 is 5.60. The number of carbonyl (C=O) groups is 1. The summed E-state index contributed by atoms with van der Waals surface area (Å²) in [5, 5.41) is 11.3. The van der Waals surface area contributed by atoms with Gasteiger partial charge in [0.2, 0.25) is 0 Å². The van der Waals surface area contributed by atoms with E-state index in [4.69, 9.17) is 16.3 Å². The molecule has 2 rings (SSSR count). The number of rotatable bonds is 5. The first-order chi connectivity index (χ1) is 10.1. The second-order valence-electron chi connectivity index (χ2n) is 4.17. The standard InChI is InChI=1S/C14H13ClN4O2/c1-10(15)9-21-14(20)13(19-11(2)16-17-18-19)8-12-6-4-3-5-7-12/h3-8H,1,9H2,2H3/b13-8-. The molecule has 108 valence electrons. The third-order valence-electron chi connectivity index (χ3n) is 2.53. The molecule has 2 aromatic rings. The summed E-state index contributed by atoms with van der Waals surface area (Å²) in [6, 6.07) is 9.32. The molecular weight excluding hydrogens is 292 g/mol. The molecule has 0 amide bonds. The molecule has 0 bridgehead atoms. The lowest BCUT2D eigenvalue weighted by Crippen LogP contribution is -2.15. The van der Waals surface area contributed by atoms with E-state index in [1.165, 1.54) is 4.68 Å². The molecule has 0 saturated heterocycles. The number of tetrazole rings is 1. The van der Waals surface area contributed by atoms with Gasteiger partial charge in [-0.25, -0.2) is 4.79 Å². The van der Waals surface area contributed by atoms with Gasteiger partial charge in [0.15, 0.2) is 11.5 Å². The molecule has 0 aliphatic carbocycles. The Morgan fingerprint density at radius 3 is 2.71 bits per heavy atom. The molecule has 0 fully saturated rings. The Bertz CT molecular complexity index is 679. The van der Waals surface area contributed by atoms with E-state index in [2.05, 4.69) is 22.1 Å². The van der Waals surface area contributed by atoms with Crippen molar-refractivity contribution in [3.05, 3.63) is 53.3 Å². The number of hydrogen-bond acceptors (Lipinski definition) is 5. The number of hydrogen-bond donors (Lipinski definition) is 0. The third kappa shape index (κ3) is 4.00. The van der Waals surface area contributed by atoms with Crippen LogP contribution < -0.4 is 0 Å². The van der Waals surface area contributed by atoms with Crippen molar-refractivity contribution in [3.8, 4) is 0 Å². The van der Waals surface area contributed by atoms with Crippen LogP contribution in [0.25, 0.3) is 11.8 Å². The zero-order valence-corrected chi connectivity index (χ0v) is 12.1. The van der Waals surface area contributed by atoms with Crippen LogP contribution in [0.4, 0.5) is 0 Å². The predicted molar refractivity (Wildman–Crippen MR) is 79.1 cm³/mol. The molecule has 6 nitrogen and oxygen atoms in total.